The lowest BCUT2D eigenvalue weighted by atomic mass is 10.1. The third-order valence-electron chi connectivity index (χ3n) is 3.26. The smallest absolute Gasteiger partial charge is 0.234 e. The van der Waals surface area contributed by atoms with Crippen LogP contribution in [-0.4, -0.2) is 21.9 Å². The van der Waals surface area contributed by atoms with Crippen LogP contribution in [0.3, 0.4) is 0 Å². The highest BCUT2D eigenvalue weighted by Gasteiger charge is 2.08. The summed E-state index contributed by atoms with van der Waals surface area (Å²) in [7, 11) is 0. The fourth-order valence-electron chi connectivity index (χ4n) is 2.08. The van der Waals surface area contributed by atoms with Crippen LogP contribution in [0, 0.1) is 0 Å². The van der Waals surface area contributed by atoms with Crippen molar-refractivity contribution in [3.05, 3.63) is 70.7 Å². The van der Waals surface area contributed by atoms with E-state index in [2.05, 4.69) is 15.5 Å². The molecule has 0 unspecified atom stereocenters. The van der Waals surface area contributed by atoms with Gasteiger partial charge in [-0.05, 0) is 30.3 Å². The average Bonchev–Trinajstić information content (AvgIpc) is 2.64. The van der Waals surface area contributed by atoms with Gasteiger partial charge in [-0.2, -0.15) is 0 Å². The number of nitrogens with zero attached hydrogens (tertiary/aromatic N) is 2. The molecule has 0 saturated heterocycles. The van der Waals surface area contributed by atoms with Crippen LogP contribution in [0.25, 0.3) is 11.3 Å². The predicted molar refractivity (Wildman–Crippen MR) is 103 cm³/mol. The van der Waals surface area contributed by atoms with Crippen LogP contribution >= 0.6 is 35.0 Å². The summed E-state index contributed by atoms with van der Waals surface area (Å²) in [5, 5.41) is 12.7. The molecule has 0 fully saturated rings. The molecule has 2 aromatic carbocycles. The molecule has 0 aliphatic carbocycles. The molecule has 0 spiro atoms. The van der Waals surface area contributed by atoms with Gasteiger partial charge < -0.3 is 5.32 Å². The number of aromatic nitrogens is 2. The Morgan fingerprint density at radius 2 is 1.80 bits per heavy atom. The first kappa shape index (κ1) is 17.7. The van der Waals surface area contributed by atoms with Gasteiger partial charge in [-0.15, -0.1) is 10.2 Å². The average molecular weight is 390 g/mol. The van der Waals surface area contributed by atoms with Gasteiger partial charge in [-0.3, -0.25) is 4.79 Å². The number of hydrogen-bond acceptors (Lipinski definition) is 4. The standard InChI is InChI=1S/C18H13Cl2N3OS/c19-13-6-7-14(20)16(10-13)21-17(24)11-25-18-9-8-15(22-23-18)12-4-2-1-3-5-12/h1-10H,11H2,(H,21,24). The van der Waals surface area contributed by atoms with Gasteiger partial charge in [0.25, 0.3) is 0 Å². The maximum Gasteiger partial charge on any atom is 0.234 e. The number of carbonyl (C=O) groups is 1. The second kappa shape index (κ2) is 8.34. The van der Waals surface area contributed by atoms with Crippen molar-refractivity contribution in [2.45, 2.75) is 5.03 Å². The number of benzene rings is 2. The molecule has 0 saturated carbocycles. The molecule has 126 valence electrons. The molecular formula is C18H13Cl2N3OS. The molecule has 1 amide bonds. The Morgan fingerprint density at radius 3 is 2.52 bits per heavy atom. The summed E-state index contributed by atoms with van der Waals surface area (Å²) in [4.78, 5) is 12.1. The van der Waals surface area contributed by atoms with Crippen molar-refractivity contribution >= 4 is 46.6 Å². The van der Waals surface area contributed by atoms with E-state index < -0.39 is 0 Å². The fourth-order valence-corrected chi connectivity index (χ4v) is 3.03. The normalized spacial score (nSPS) is 10.5. The molecule has 0 aliphatic heterocycles. The molecule has 7 heteroatoms. The van der Waals surface area contributed by atoms with Crippen molar-refractivity contribution in [2.24, 2.45) is 0 Å². The van der Waals surface area contributed by atoms with Crippen molar-refractivity contribution < 1.29 is 4.79 Å². The van der Waals surface area contributed by atoms with Crippen LogP contribution in [0.4, 0.5) is 5.69 Å². The van der Waals surface area contributed by atoms with E-state index >= 15 is 0 Å². The first-order chi connectivity index (χ1) is 12.1. The SMILES string of the molecule is O=C(CSc1ccc(-c2ccccc2)nn1)Nc1cc(Cl)ccc1Cl. The Bertz CT molecular complexity index is 873. The minimum Gasteiger partial charge on any atom is -0.324 e. The molecule has 1 heterocycles. The number of thioether (sulfide) groups is 1. The van der Waals surface area contributed by atoms with Crippen LogP contribution in [0.2, 0.25) is 10.0 Å². The molecule has 3 aromatic rings. The third kappa shape index (κ3) is 4.95. The van der Waals surface area contributed by atoms with Gasteiger partial charge in [-0.1, -0.05) is 65.3 Å². The number of amides is 1. The Labute approximate surface area is 159 Å². The van der Waals surface area contributed by atoms with Crippen molar-refractivity contribution in [3.63, 3.8) is 0 Å². The quantitative estimate of drug-likeness (QED) is 0.610. The molecule has 0 atom stereocenters. The highest BCUT2D eigenvalue weighted by atomic mass is 35.5. The zero-order chi connectivity index (χ0) is 17.6. The van der Waals surface area contributed by atoms with E-state index in [0.717, 1.165) is 11.3 Å². The molecule has 1 N–H and O–H groups in total. The van der Waals surface area contributed by atoms with E-state index in [1.165, 1.54) is 11.8 Å². The van der Waals surface area contributed by atoms with Gasteiger partial charge in [0.15, 0.2) is 0 Å². The largest absolute Gasteiger partial charge is 0.324 e. The summed E-state index contributed by atoms with van der Waals surface area (Å²) < 4.78 is 0. The molecule has 0 aliphatic rings. The second-order valence-corrected chi connectivity index (χ2v) is 6.92. The van der Waals surface area contributed by atoms with Crippen molar-refractivity contribution in [1.29, 1.82) is 0 Å². The van der Waals surface area contributed by atoms with Gasteiger partial charge in [0.1, 0.15) is 5.03 Å². The van der Waals surface area contributed by atoms with E-state index in [-0.39, 0.29) is 11.7 Å². The highest BCUT2D eigenvalue weighted by Crippen LogP contribution is 2.26. The summed E-state index contributed by atoms with van der Waals surface area (Å²) in [6, 6.07) is 18.4. The van der Waals surface area contributed by atoms with Crippen LogP contribution in [0.5, 0.6) is 0 Å². The number of anilines is 1. The zero-order valence-electron chi connectivity index (χ0n) is 12.9. The topological polar surface area (TPSA) is 54.9 Å². The van der Waals surface area contributed by atoms with Crippen LogP contribution in [0.1, 0.15) is 0 Å². The Kier molecular flexibility index (Phi) is 5.91. The lowest BCUT2D eigenvalue weighted by Crippen LogP contribution is -2.14. The van der Waals surface area contributed by atoms with Gasteiger partial charge in [0.05, 0.1) is 22.2 Å². The van der Waals surface area contributed by atoms with E-state index in [1.807, 2.05) is 42.5 Å². The van der Waals surface area contributed by atoms with Gasteiger partial charge in [0.2, 0.25) is 5.91 Å². The Hall–Kier alpha value is -2.08. The molecule has 4 nitrogen and oxygen atoms in total. The van der Waals surface area contributed by atoms with E-state index in [9.17, 15) is 4.79 Å². The second-order valence-electron chi connectivity index (χ2n) is 5.08. The van der Waals surface area contributed by atoms with Gasteiger partial charge in [0, 0.05) is 10.6 Å². The third-order valence-corrected chi connectivity index (χ3v) is 4.75. The maximum absolute atomic E-state index is 12.1. The van der Waals surface area contributed by atoms with Crippen molar-refractivity contribution in [3.8, 4) is 11.3 Å². The van der Waals surface area contributed by atoms with Gasteiger partial charge >= 0.3 is 0 Å². The number of carbonyl (C=O) groups excluding carboxylic acids is 1. The van der Waals surface area contributed by atoms with E-state index in [1.54, 1.807) is 18.2 Å². The lowest BCUT2D eigenvalue weighted by Gasteiger charge is -2.07. The summed E-state index contributed by atoms with van der Waals surface area (Å²) in [5.41, 5.74) is 2.28. The molecule has 1 aromatic heterocycles. The van der Waals surface area contributed by atoms with E-state index in [4.69, 9.17) is 23.2 Å². The summed E-state index contributed by atoms with van der Waals surface area (Å²) >= 11 is 13.2. The highest BCUT2D eigenvalue weighted by molar-refractivity contribution is 7.99. The number of rotatable bonds is 5. The molecule has 0 bridgehead atoms. The van der Waals surface area contributed by atoms with Crippen LogP contribution < -0.4 is 5.32 Å². The molecule has 3 rings (SSSR count). The predicted octanol–water partition coefficient (Wildman–Crippen LogP) is 5.18. The number of nitrogens with one attached hydrogen (secondary N) is 1. The van der Waals surface area contributed by atoms with Crippen LogP contribution in [0.15, 0.2) is 65.7 Å². The minimum atomic E-state index is -0.192. The van der Waals surface area contributed by atoms with E-state index in [0.29, 0.717) is 20.8 Å². The first-order valence-electron chi connectivity index (χ1n) is 7.39. The minimum absolute atomic E-state index is 0.192. The number of halogens is 2. The maximum atomic E-state index is 12.1. The first-order valence-corrected chi connectivity index (χ1v) is 9.13. The monoisotopic (exact) mass is 389 g/mol. The van der Waals surface area contributed by atoms with Crippen LogP contribution in [-0.2, 0) is 4.79 Å². The Balaban J connectivity index is 1.58. The lowest BCUT2D eigenvalue weighted by molar-refractivity contribution is -0.113. The molecule has 0 radical (unpaired) electrons. The van der Waals surface area contributed by atoms with Gasteiger partial charge in [-0.25, -0.2) is 0 Å². The zero-order valence-corrected chi connectivity index (χ0v) is 15.3. The fraction of sp³-hybridized carbons (Fsp3) is 0.0556. The van der Waals surface area contributed by atoms with Crippen molar-refractivity contribution in [2.75, 3.05) is 11.1 Å². The molecular weight excluding hydrogens is 377 g/mol. The molecule has 25 heavy (non-hydrogen) atoms. The number of hydrogen-bond donors (Lipinski definition) is 1. The summed E-state index contributed by atoms with van der Waals surface area (Å²) in [6.07, 6.45) is 0. The summed E-state index contributed by atoms with van der Waals surface area (Å²) in [5.74, 6) is 0.00506. The summed E-state index contributed by atoms with van der Waals surface area (Å²) in [6.45, 7) is 0. The Morgan fingerprint density at radius 1 is 1.00 bits per heavy atom. The van der Waals surface area contributed by atoms with Crippen molar-refractivity contribution in [1.82, 2.24) is 10.2 Å².